The first-order valence-electron chi connectivity index (χ1n) is 9.18. The van der Waals surface area contributed by atoms with E-state index in [0.29, 0.717) is 19.4 Å². The molecule has 0 heterocycles. The molecule has 0 aliphatic heterocycles. The highest BCUT2D eigenvalue weighted by molar-refractivity contribution is 5.88. The molecule has 1 unspecified atom stereocenters. The van der Waals surface area contributed by atoms with Crippen LogP contribution in [0.3, 0.4) is 0 Å². The molecule has 24 heavy (non-hydrogen) atoms. The van der Waals surface area contributed by atoms with Crippen molar-refractivity contribution in [2.75, 3.05) is 20.2 Å². The number of amides is 2. The van der Waals surface area contributed by atoms with E-state index in [1.807, 2.05) is 48.6 Å². The maximum Gasteiger partial charge on any atom is 0.232 e. The Kier molecular flexibility index (Phi) is 13.1. The molecule has 0 saturated heterocycles. The molecule has 1 N–H and O–H groups in total. The molecule has 0 saturated carbocycles. The van der Waals surface area contributed by atoms with Gasteiger partial charge in [-0.1, -0.05) is 27.7 Å². The van der Waals surface area contributed by atoms with Gasteiger partial charge in [0.25, 0.3) is 0 Å². The van der Waals surface area contributed by atoms with Crippen molar-refractivity contribution < 1.29 is 14.3 Å². The SMILES string of the molecule is CC.CCC(C)C(=O)N(C=O)C(C)(C)CCOC(C)(C)CCNC. The Balaban J connectivity index is 0. The first kappa shape index (κ1) is 25.3. The van der Waals surface area contributed by atoms with Crippen molar-refractivity contribution in [2.45, 2.75) is 85.8 Å². The van der Waals surface area contributed by atoms with Gasteiger partial charge >= 0.3 is 0 Å². The van der Waals surface area contributed by atoms with Crippen LogP contribution < -0.4 is 5.32 Å². The van der Waals surface area contributed by atoms with Gasteiger partial charge in [-0.05, 0) is 60.5 Å². The molecule has 0 fully saturated rings. The van der Waals surface area contributed by atoms with Crippen LogP contribution in [0.5, 0.6) is 0 Å². The third-order valence-corrected chi connectivity index (χ3v) is 4.21. The predicted molar refractivity (Wildman–Crippen MR) is 101 cm³/mol. The highest BCUT2D eigenvalue weighted by Crippen LogP contribution is 2.23. The van der Waals surface area contributed by atoms with Gasteiger partial charge in [-0.15, -0.1) is 0 Å². The van der Waals surface area contributed by atoms with Crippen LogP contribution in [0.25, 0.3) is 0 Å². The van der Waals surface area contributed by atoms with Crippen LogP contribution in [0.4, 0.5) is 0 Å². The van der Waals surface area contributed by atoms with Crippen molar-refractivity contribution >= 4 is 12.3 Å². The number of carbonyl (C=O) groups excluding carboxylic acids is 2. The third-order valence-electron chi connectivity index (χ3n) is 4.21. The van der Waals surface area contributed by atoms with Crippen molar-refractivity contribution in [2.24, 2.45) is 5.92 Å². The number of ether oxygens (including phenoxy) is 1. The molecule has 0 aliphatic rings. The van der Waals surface area contributed by atoms with Crippen molar-refractivity contribution in [1.82, 2.24) is 10.2 Å². The van der Waals surface area contributed by atoms with E-state index in [0.717, 1.165) is 19.4 Å². The van der Waals surface area contributed by atoms with E-state index in [9.17, 15) is 9.59 Å². The molecule has 1 atom stereocenters. The van der Waals surface area contributed by atoms with Crippen LogP contribution in [0, 0.1) is 5.92 Å². The van der Waals surface area contributed by atoms with E-state index in [1.165, 1.54) is 4.90 Å². The molecule has 5 nitrogen and oxygen atoms in total. The highest BCUT2D eigenvalue weighted by Gasteiger charge is 2.33. The van der Waals surface area contributed by atoms with Crippen LogP contribution in [0.1, 0.15) is 74.7 Å². The van der Waals surface area contributed by atoms with E-state index in [-0.39, 0.29) is 17.4 Å². The van der Waals surface area contributed by atoms with E-state index >= 15 is 0 Å². The van der Waals surface area contributed by atoms with Gasteiger partial charge in [0.05, 0.1) is 5.60 Å². The Morgan fingerprint density at radius 3 is 2.17 bits per heavy atom. The van der Waals surface area contributed by atoms with Crippen molar-refractivity contribution in [3.05, 3.63) is 0 Å². The van der Waals surface area contributed by atoms with Gasteiger partial charge < -0.3 is 10.1 Å². The molecule has 0 aromatic carbocycles. The minimum Gasteiger partial charge on any atom is -0.375 e. The van der Waals surface area contributed by atoms with Crippen molar-refractivity contribution in [1.29, 1.82) is 0 Å². The standard InChI is InChI=1S/C17H34N2O3.C2H6/c1-8-14(2)15(21)19(13-20)16(3,4)10-12-22-17(5,6)9-11-18-7;1-2/h13-14,18H,8-12H2,1-7H3;1-2H3. The summed E-state index contributed by atoms with van der Waals surface area (Å²) < 4.78 is 5.93. The normalized spacial score (nSPS) is 12.9. The monoisotopic (exact) mass is 344 g/mol. The average Bonchev–Trinajstić information content (AvgIpc) is 2.53. The van der Waals surface area contributed by atoms with Gasteiger partial charge in [-0.2, -0.15) is 0 Å². The second kappa shape index (κ2) is 12.4. The second-order valence-electron chi connectivity index (χ2n) is 7.15. The fraction of sp³-hybridized carbons (Fsp3) is 0.895. The molecule has 0 radical (unpaired) electrons. The molecular formula is C19H40N2O3. The van der Waals surface area contributed by atoms with Gasteiger partial charge in [-0.3, -0.25) is 14.5 Å². The molecule has 0 aromatic rings. The van der Waals surface area contributed by atoms with Crippen molar-refractivity contribution in [3.63, 3.8) is 0 Å². The van der Waals surface area contributed by atoms with Crippen LogP contribution >= 0.6 is 0 Å². The number of carbonyl (C=O) groups is 2. The number of rotatable bonds is 11. The molecular weight excluding hydrogens is 304 g/mol. The van der Waals surface area contributed by atoms with Gasteiger partial charge in [0, 0.05) is 18.1 Å². The summed E-state index contributed by atoms with van der Waals surface area (Å²) >= 11 is 0. The first-order valence-corrected chi connectivity index (χ1v) is 9.18. The maximum absolute atomic E-state index is 12.3. The van der Waals surface area contributed by atoms with E-state index < -0.39 is 5.54 Å². The van der Waals surface area contributed by atoms with E-state index in [2.05, 4.69) is 19.2 Å². The summed E-state index contributed by atoms with van der Waals surface area (Å²) in [5.41, 5.74) is -0.757. The van der Waals surface area contributed by atoms with Crippen LogP contribution in [-0.2, 0) is 14.3 Å². The maximum atomic E-state index is 12.3. The predicted octanol–water partition coefficient (Wildman–Crippen LogP) is 3.62. The quantitative estimate of drug-likeness (QED) is 0.582. The summed E-state index contributed by atoms with van der Waals surface area (Å²) in [6.45, 7) is 17.1. The molecule has 0 aliphatic carbocycles. The summed E-state index contributed by atoms with van der Waals surface area (Å²) in [5.74, 6) is -0.255. The van der Waals surface area contributed by atoms with Crippen LogP contribution in [-0.4, -0.2) is 48.6 Å². The topological polar surface area (TPSA) is 58.6 Å². The Bertz CT molecular complexity index is 355. The third kappa shape index (κ3) is 9.38. The number of imide groups is 1. The Morgan fingerprint density at radius 1 is 1.21 bits per heavy atom. The zero-order chi connectivity index (χ0) is 19.4. The fourth-order valence-corrected chi connectivity index (χ4v) is 2.10. The van der Waals surface area contributed by atoms with Gasteiger partial charge in [0.1, 0.15) is 0 Å². The van der Waals surface area contributed by atoms with Gasteiger partial charge in [0.2, 0.25) is 12.3 Å². The smallest absolute Gasteiger partial charge is 0.232 e. The van der Waals surface area contributed by atoms with Crippen molar-refractivity contribution in [3.8, 4) is 0 Å². The molecule has 0 rings (SSSR count). The lowest BCUT2D eigenvalue weighted by atomic mass is 9.96. The summed E-state index contributed by atoms with van der Waals surface area (Å²) in [6, 6.07) is 0. The summed E-state index contributed by atoms with van der Waals surface area (Å²) in [6.07, 6.45) is 2.91. The van der Waals surface area contributed by atoms with Gasteiger partial charge in [0.15, 0.2) is 0 Å². The summed E-state index contributed by atoms with van der Waals surface area (Å²) in [4.78, 5) is 25.0. The van der Waals surface area contributed by atoms with E-state index in [1.54, 1.807) is 0 Å². The molecule has 0 spiro atoms. The molecule has 0 bridgehead atoms. The number of nitrogens with one attached hydrogen (secondary N) is 1. The average molecular weight is 345 g/mol. The largest absolute Gasteiger partial charge is 0.375 e. The minimum atomic E-state index is -0.540. The van der Waals surface area contributed by atoms with Crippen LogP contribution in [0.15, 0.2) is 0 Å². The number of hydrogen-bond acceptors (Lipinski definition) is 4. The lowest BCUT2D eigenvalue weighted by Gasteiger charge is -2.36. The van der Waals surface area contributed by atoms with Crippen LogP contribution in [0.2, 0.25) is 0 Å². The van der Waals surface area contributed by atoms with E-state index in [4.69, 9.17) is 4.74 Å². The summed E-state index contributed by atoms with van der Waals surface area (Å²) in [7, 11) is 1.92. The molecule has 144 valence electrons. The zero-order valence-corrected chi connectivity index (χ0v) is 17.4. The highest BCUT2D eigenvalue weighted by atomic mass is 16.5. The minimum absolute atomic E-state index is 0.114. The molecule has 5 heteroatoms. The molecule has 2 amide bonds. The number of hydrogen-bond donors (Lipinski definition) is 1. The molecule has 0 aromatic heterocycles. The van der Waals surface area contributed by atoms with Gasteiger partial charge in [-0.25, -0.2) is 0 Å². The fourth-order valence-electron chi connectivity index (χ4n) is 2.10. The Labute approximate surface area is 149 Å². The number of nitrogens with zero attached hydrogens (tertiary/aromatic N) is 1. The Morgan fingerprint density at radius 2 is 1.75 bits per heavy atom. The lowest BCUT2D eigenvalue weighted by molar-refractivity contribution is -0.148. The summed E-state index contributed by atoms with van der Waals surface area (Å²) in [5, 5.41) is 3.11. The first-order chi connectivity index (χ1) is 11.1. The Hall–Kier alpha value is -0.940. The zero-order valence-electron chi connectivity index (χ0n) is 17.4. The lowest BCUT2D eigenvalue weighted by Crippen LogP contribution is -2.49. The second-order valence-corrected chi connectivity index (χ2v) is 7.15.